The molecule has 0 aromatic heterocycles. The van der Waals surface area contributed by atoms with E-state index in [-0.39, 0.29) is 22.4 Å². The van der Waals surface area contributed by atoms with Crippen molar-refractivity contribution in [2.75, 3.05) is 38.5 Å². The summed E-state index contributed by atoms with van der Waals surface area (Å²) in [5, 5.41) is 10.9. The Bertz CT molecular complexity index is 781. The van der Waals surface area contributed by atoms with E-state index in [1.54, 1.807) is 0 Å². The third-order valence-corrected chi connectivity index (χ3v) is 8.67. The van der Waals surface area contributed by atoms with Crippen LogP contribution in [0.5, 0.6) is 0 Å². The van der Waals surface area contributed by atoms with Crippen molar-refractivity contribution >= 4 is 15.5 Å². The lowest BCUT2D eigenvalue weighted by Gasteiger charge is -2.36. The first-order chi connectivity index (χ1) is 13.7. The Morgan fingerprint density at radius 2 is 1.52 bits per heavy atom. The van der Waals surface area contributed by atoms with Crippen LogP contribution in [-0.4, -0.2) is 57.9 Å². The van der Waals surface area contributed by atoms with Crippen LogP contribution in [0.4, 0.5) is 5.69 Å². The highest BCUT2D eigenvalue weighted by Crippen LogP contribution is 2.17. The molecule has 0 saturated carbocycles. The molecule has 1 aromatic rings. The normalized spacial score (nSPS) is 29.3. The van der Waals surface area contributed by atoms with Gasteiger partial charge in [-0.1, -0.05) is 13.8 Å². The van der Waals surface area contributed by atoms with Gasteiger partial charge in [0.15, 0.2) is 15.9 Å². The second-order valence-electron chi connectivity index (χ2n) is 9.21. The van der Waals surface area contributed by atoms with Gasteiger partial charge in [-0.2, -0.15) is 0 Å². The molecule has 7 nitrogen and oxygen atoms in total. The van der Waals surface area contributed by atoms with Gasteiger partial charge in [0.2, 0.25) is 0 Å². The molecule has 2 heterocycles. The van der Waals surface area contributed by atoms with Crippen LogP contribution in [0.25, 0.3) is 0 Å². The monoisotopic (exact) mass is 425 g/mol. The number of non-ortho nitro benzene ring substituents is 1. The number of nitro groups is 1. The van der Waals surface area contributed by atoms with Crippen molar-refractivity contribution in [3.05, 3.63) is 34.4 Å². The highest BCUT2D eigenvalue weighted by molar-refractivity contribution is 7.91. The molecule has 2 aliphatic rings. The summed E-state index contributed by atoms with van der Waals surface area (Å²) in [6.07, 6.45) is 4.72. The number of nitrogens with zero attached hydrogens (tertiary/aromatic N) is 1. The van der Waals surface area contributed by atoms with Crippen LogP contribution in [0, 0.1) is 22.0 Å². The predicted octanol–water partition coefficient (Wildman–Crippen LogP) is 0.367. The summed E-state index contributed by atoms with van der Waals surface area (Å²) in [6, 6.07) is 5.41. The number of quaternary nitrogens is 2. The summed E-state index contributed by atoms with van der Waals surface area (Å²) in [5.74, 6) is 1.60. The van der Waals surface area contributed by atoms with Gasteiger partial charge in [0.1, 0.15) is 12.3 Å². The van der Waals surface area contributed by atoms with Gasteiger partial charge >= 0.3 is 0 Å². The van der Waals surface area contributed by atoms with Crippen molar-refractivity contribution in [3.8, 4) is 0 Å². The maximum atomic E-state index is 13.1. The molecule has 0 bridgehead atoms. The van der Waals surface area contributed by atoms with E-state index in [0.29, 0.717) is 5.92 Å². The van der Waals surface area contributed by atoms with E-state index >= 15 is 0 Å². The van der Waals surface area contributed by atoms with Crippen LogP contribution in [0.3, 0.4) is 0 Å². The third kappa shape index (κ3) is 5.99. The van der Waals surface area contributed by atoms with E-state index < -0.39 is 14.8 Å². The Kier molecular flexibility index (Phi) is 7.29. The predicted molar refractivity (Wildman–Crippen MR) is 112 cm³/mol. The Morgan fingerprint density at radius 3 is 2.03 bits per heavy atom. The summed E-state index contributed by atoms with van der Waals surface area (Å²) in [4.78, 5) is 13.5. The second-order valence-corrected chi connectivity index (χ2v) is 11.2. The molecule has 162 valence electrons. The van der Waals surface area contributed by atoms with Crippen LogP contribution in [0.15, 0.2) is 29.2 Å². The van der Waals surface area contributed by atoms with Crippen LogP contribution >= 0.6 is 0 Å². The smallest absolute Gasteiger partial charge is 0.269 e. The fourth-order valence-electron chi connectivity index (χ4n) is 4.72. The number of benzene rings is 1. The van der Waals surface area contributed by atoms with Crippen molar-refractivity contribution in [3.63, 3.8) is 0 Å². The average molecular weight is 426 g/mol. The lowest BCUT2D eigenvalue weighted by molar-refractivity contribution is -0.980. The van der Waals surface area contributed by atoms with Gasteiger partial charge in [-0.05, 0) is 49.7 Å². The first kappa shape index (κ1) is 22.2. The molecule has 0 radical (unpaired) electrons. The highest BCUT2D eigenvalue weighted by Gasteiger charge is 2.35. The maximum Gasteiger partial charge on any atom is 0.269 e. The lowest BCUT2D eigenvalue weighted by Crippen LogP contribution is -3.24. The largest absolute Gasteiger partial charge is 0.330 e. The fourth-order valence-corrected chi connectivity index (χ4v) is 6.35. The molecule has 3 rings (SSSR count). The molecule has 0 unspecified atom stereocenters. The highest BCUT2D eigenvalue weighted by atomic mass is 32.2. The Labute approximate surface area is 174 Å². The minimum Gasteiger partial charge on any atom is -0.330 e. The zero-order valence-corrected chi connectivity index (χ0v) is 18.4. The van der Waals surface area contributed by atoms with Gasteiger partial charge in [0.05, 0.1) is 36.0 Å². The summed E-state index contributed by atoms with van der Waals surface area (Å²) in [5.41, 5.74) is -0.0805. The van der Waals surface area contributed by atoms with Crippen molar-refractivity contribution in [1.82, 2.24) is 0 Å². The summed E-state index contributed by atoms with van der Waals surface area (Å²) < 4.78 is 26.3. The van der Waals surface area contributed by atoms with Crippen LogP contribution in [-0.2, 0) is 9.84 Å². The zero-order chi connectivity index (χ0) is 21.0. The van der Waals surface area contributed by atoms with Crippen molar-refractivity contribution in [1.29, 1.82) is 0 Å². The minimum atomic E-state index is -3.48. The molecule has 2 aliphatic heterocycles. The molecule has 29 heavy (non-hydrogen) atoms. The molecule has 8 heteroatoms. The van der Waals surface area contributed by atoms with E-state index in [9.17, 15) is 18.5 Å². The van der Waals surface area contributed by atoms with Crippen LogP contribution in [0.2, 0.25) is 0 Å². The number of hydrogen-bond acceptors (Lipinski definition) is 4. The van der Waals surface area contributed by atoms with Crippen LogP contribution in [0.1, 0.15) is 39.5 Å². The first-order valence-electron chi connectivity index (χ1n) is 10.9. The summed E-state index contributed by atoms with van der Waals surface area (Å²) >= 11 is 0. The van der Waals surface area contributed by atoms with Crippen molar-refractivity contribution < 1.29 is 23.1 Å². The minimum absolute atomic E-state index is 0.0751. The molecule has 2 N–H and O–H groups in total. The number of sulfone groups is 1. The first-order valence-corrected chi connectivity index (χ1v) is 12.5. The number of nitrogens with one attached hydrogen (secondary N) is 2. The number of rotatable bonds is 7. The molecule has 0 amide bonds. The molecular weight excluding hydrogens is 390 g/mol. The molecule has 0 aliphatic carbocycles. The number of likely N-dealkylation sites (tertiary alicyclic amines) is 2. The summed E-state index contributed by atoms with van der Waals surface area (Å²) in [6.45, 7) is 9.78. The molecular formula is C21H35N3O4S+2. The van der Waals surface area contributed by atoms with E-state index in [2.05, 4.69) is 13.8 Å². The zero-order valence-electron chi connectivity index (χ0n) is 17.6. The summed E-state index contributed by atoms with van der Waals surface area (Å²) in [7, 11) is -3.48. The molecule has 1 aromatic carbocycles. The van der Waals surface area contributed by atoms with E-state index in [0.717, 1.165) is 51.5 Å². The van der Waals surface area contributed by atoms with Crippen molar-refractivity contribution in [2.45, 2.75) is 50.5 Å². The van der Waals surface area contributed by atoms with E-state index in [4.69, 9.17) is 0 Å². The SMILES string of the molecule is CC1CC[NH+](C[C@H](CS(=O)(=O)c2ccc([N+](=O)[O-])cc2)[NH+]2CCC(C)CC2)CC1. The number of piperidine rings is 2. The topological polar surface area (TPSA) is 86.2 Å². The number of nitro benzene ring substituents is 1. The fraction of sp³-hybridized carbons (Fsp3) is 0.714. The quantitative estimate of drug-likeness (QED) is 0.488. The standard InChI is InChI=1S/C21H33N3O4S/c1-17-7-11-22(12-8-17)15-20(23-13-9-18(2)10-14-23)16-29(27,28)21-5-3-19(4-6-21)24(25)26/h3-6,17-18,20H,7-16H2,1-2H3/p+2/t20-/m1/s1. The van der Waals surface area contributed by atoms with Gasteiger partial charge in [-0.3, -0.25) is 10.1 Å². The van der Waals surface area contributed by atoms with Gasteiger partial charge in [0.25, 0.3) is 5.69 Å². The van der Waals surface area contributed by atoms with Crippen LogP contribution < -0.4 is 9.80 Å². The molecule has 2 fully saturated rings. The molecule has 1 atom stereocenters. The van der Waals surface area contributed by atoms with Crippen molar-refractivity contribution in [2.24, 2.45) is 11.8 Å². The Morgan fingerprint density at radius 1 is 1.00 bits per heavy atom. The third-order valence-electron chi connectivity index (χ3n) is 6.84. The number of hydrogen-bond donors (Lipinski definition) is 2. The van der Waals surface area contributed by atoms with Gasteiger partial charge in [-0.25, -0.2) is 8.42 Å². The Hall–Kier alpha value is -1.51. The van der Waals surface area contributed by atoms with E-state index in [1.807, 2.05) is 0 Å². The average Bonchev–Trinajstić information content (AvgIpc) is 2.69. The molecule has 0 spiro atoms. The van der Waals surface area contributed by atoms with Gasteiger partial charge in [-0.15, -0.1) is 0 Å². The van der Waals surface area contributed by atoms with Gasteiger partial charge in [0, 0.05) is 12.1 Å². The van der Waals surface area contributed by atoms with E-state index in [1.165, 1.54) is 46.9 Å². The molecule has 2 saturated heterocycles. The second kappa shape index (κ2) is 9.53. The van der Waals surface area contributed by atoms with Gasteiger partial charge < -0.3 is 9.80 Å². The lowest BCUT2D eigenvalue weighted by atomic mass is 9.97. The maximum absolute atomic E-state index is 13.1. The Balaban J connectivity index is 1.74.